The lowest BCUT2D eigenvalue weighted by Crippen LogP contribution is -2.42. The summed E-state index contributed by atoms with van der Waals surface area (Å²) in [6.45, 7) is 5.02. The van der Waals surface area contributed by atoms with Crippen LogP contribution in [0.2, 0.25) is 0 Å². The number of amides is 2. The van der Waals surface area contributed by atoms with E-state index in [1.807, 2.05) is 12.1 Å². The molecule has 3 N–H and O–H groups in total. The number of halogens is 1. The number of amidine groups is 1. The fourth-order valence-electron chi connectivity index (χ4n) is 3.73. The predicted octanol–water partition coefficient (Wildman–Crippen LogP) is 4.50. The minimum Gasteiger partial charge on any atom is -0.444 e. The van der Waals surface area contributed by atoms with Crippen molar-refractivity contribution in [3.63, 3.8) is 0 Å². The maximum atomic E-state index is 13.5. The fourth-order valence-corrected chi connectivity index (χ4v) is 3.73. The molecular formula is C25H26FN5O3. The number of carbonyl (C=O) groups excluding carboxylic acids is 2. The average Bonchev–Trinajstić information content (AvgIpc) is 3.16. The second-order valence-electron chi connectivity index (χ2n) is 8.91. The van der Waals surface area contributed by atoms with Gasteiger partial charge in [0, 0.05) is 29.9 Å². The minimum absolute atomic E-state index is 0.228. The molecule has 34 heavy (non-hydrogen) atoms. The second kappa shape index (κ2) is 9.46. The molecule has 0 saturated heterocycles. The number of alkyl carbamates (subject to hydrolysis) is 1. The van der Waals surface area contributed by atoms with Gasteiger partial charge in [-0.05, 0) is 74.7 Å². The summed E-state index contributed by atoms with van der Waals surface area (Å²) >= 11 is 0. The van der Waals surface area contributed by atoms with Gasteiger partial charge in [-0.15, -0.1) is 0 Å². The number of hydrogen-bond donors (Lipinski definition) is 3. The van der Waals surface area contributed by atoms with Gasteiger partial charge < -0.3 is 20.4 Å². The van der Waals surface area contributed by atoms with E-state index in [1.165, 1.54) is 12.1 Å². The first kappa shape index (κ1) is 23.2. The van der Waals surface area contributed by atoms with Crippen molar-refractivity contribution >= 4 is 23.7 Å². The number of benzene rings is 1. The van der Waals surface area contributed by atoms with E-state index < -0.39 is 17.6 Å². The molecule has 1 aliphatic rings. The van der Waals surface area contributed by atoms with Crippen molar-refractivity contribution in [2.75, 3.05) is 6.54 Å². The van der Waals surface area contributed by atoms with Crippen LogP contribution in [-0.2, 0) is 16.0 Å². The van der Waals surface area contributed by atoms with Gasteiger partial charge in [-0.2, -0.15) is 0 Å². The van der Waals surface area contributed by atoms with Crippen LogP contribution in [0, 0.1) is 5.82 Å². The van der Waals surface area contributed by atoms with E-state index in [9.17, 15) is 14.0 Å². The lowest BCUT2D eigenvalue weighted by Gasteiger charge is -2.19. The van der Waals surface area contributed by atoms with Gasteiger partial charge in [0.25, 0.3) is 0 Å². The summed E-state index contributed by atoms with van der Waals surface area (Å²) in [6, 6.07) is 10.1. The Kier molecular flexibility index (Phi) is 6.45. The van der Waals surface area contributed by atoms with Crippen molar-refractivity contribution < 1.29 is 18.7 Å². The summed E-state index contributed by atoms with van der Waals surface area (Å²) in [5.41, 5.74) is 3.95. The van der Waals surface area contributed by atoms with Gasteiger partial charge in [0.05, 0.1) is 5.69 Å². The molecule has 8 nitrogen and oxygen atoms in total. The number of ether oxygens (including phenoxy) is 1. The number of hydrogen-bond acceptors (Lipinski definition) is 5. The van der Waals surface area contributed by atoms with Gasteiger partial charge >= 0.3 is 6.09 Å². The highest BCUT2D eigenvalue weighted by Gasteiger charge is 2.24. The molecular weight excluding hydrogens is 437 g/mol. The highest BCUT2D eigenvalue weighted by Crippen LogP contribution is 2.42. The van der Waals surface area contributed by atoms with Gasteiger partial charge in [-0.3, -0.25) is 9.78 Å². The number of H-pyrrole nitrogens is 1. The molecule has 0 atom stereocenters. The molecule has 1 aromatic carbocycles. The third-order valence-electron chi connectivity index (χ3n) is 5.12. The largest absolute Gasteiger partial charge is 0.444 e. The molecule has 2 amide bonds. The van der Waals surface area contributed by atoms with Crippen molar-refractivity contribution in [1.82, 2.24) is 20.6 Å². The van der Waals surface area contributed by atoms with Gasteiger partial charge in [0.1, 0.15) is 29.6 Å². The zero-order valence-electron chi connectivity index (χ0n) is 19.2. The van der Waals surface area contributed by atoms with Crippen LogP contribution in [0.1, 0.15) is 32.8 Å². The number of fused-ring (bicyclic) bond motifs is 1. The monoisotopic (exact) mass is 463 g/mol. The molecule has 0 bridgehead atoms. The van der Waals surface area contributed by atoms with Crippen LogP contribution >= 0.6 is 0 Å². The molecule has 3 heterocycles. The van der Waals surface area contributed by atoms with Crippen molar-refractivity contribution in [2.45, 2.75) is 39.2 Å². The standard InChI is InChI=1S/C25H26FN5O3/c1-25(2,3)34-24(33)28-14-20(32)29-19-9-8-18-21(15-10-12-27-13-11-15)22(31-23(18)30-19)16-4-6-17(26)7-5-16/h4-7,10-13,31H,8-9,14H2,1-3H3,(H,28,33)(H,29,30,32). The van der Waals surface area contributed by atoms with Crippen LogP contribution in [0.25, 0.3) is 22.4 Å². The Hall–Kier alpha value is -4.01. The molecule has 0 fully saturated rings. The molecule has 0 radical (unpaired) electrons. The van der Waals surface area contributed by atoms with E-state index in [0.717, 1.165) is 27.9 Å². The number of carbonyl (C=O) groups is 2. The van der Waals surface area contributed by atoms with Crippen LogP contribution in [0.3, 0.4) is 0 Å². The zero-order valence-corrected chi connectivity index (χ0v) is 19.2. The summed E-state index contributed by atoms with van der Waals surface area (Å²) in [6.07, 6.45) is 3.94. The lowest BCUT2D eigenvalue weighted by atomic mass is 9.95. The minimum atomic E-state index is -0.661. The van der Waals surface area contributed by atoms with Gasteiger partial charge in [0.2, 0.25) is 5.91 Å². The van der Waals surface area contributed by atoms with Crippen molar-refractivity contribution in [3.05, 3.63) is 60.2 Å². The smallest absolute Gasteiger partial charge is 0.408 e. The van der Waals surface area contributed by atoms with Crippen LogP contribution < -0.4 is 10.6 Å². The molecule has 176 valence electrons. The molecule has 1 aliphatic heterocycles. The van der Waals surface area contributed by atoms with Gasteiger partial charge in [-0.1, -0.05) is 0 Å². The van der Waals surface area contributed by atoms with Crippen LogP contribution in [0.15, 0.2) is 53.8 Å². The van der Waals surface area contributed by atoms with Crippen molar-refractivity contribution in [3.8, 4) is 22.4 Å². The van der Waals surface area contributed by atoms with Gasteiger partial charge in [-0.25, -0.2) is 14.2 Å². The summed E-state index contributed by atoms with van der Waals surface area (Å²) in [5.74, 6) is 0.422. The maximum absolute atomic E-state index is 13.5. The third-order valence-corrected chi connectivity index (χ3v) is 5.12. The summed E-state index contributed by atoms with van der Waals surface area (Å²) in [5, 5.41) is 5.19. The van der Waals surface area contributed by atoms with E-state index in [0.29, 0.717) is 24.5 Å². The topological polar surface area (TPSA) is 108 Å². The number of aromatic nitrogens is 2. The number of nitrogens with one attached hydrogen (secondary N) is 3. The molecule has 4 rings (SSSR count). The number of pyridine rings is 1. The van der Waals surface area contributed by atoms with E-state index in [2.05, 4.69) is 25.6 Å². The molecule has 0 aliphatic carbocycles. The quantitative estimate of drug-likeness (QED) is 0.529. The molecule has 0 unspecified atom stereocenters. The Labute approximate surface area is 196 Å². The molecule has 3 aromatic rings. The molecule has 0 saturated carbocycles. The Morgan fingerprint density at radius 2 is 1.76 bits per heavy atom. The van der Waals surface area contributed by atoms with E-state index in [-0.39, 0.29) is 12.4 Å². The first-order valence-electron chi connectivity index (χ1n) is 10.9. The lowest BCUT2D eigenvalue weighted by molar-refractivity contribution is -0.118. The Balaban J connectivity index is 1.56. The normalized spacial score (nSPS) is 13.0. The highest BCUT2D eigenvalue weighted by atomic mass is 19.1. The summed E-state index contributed by atoms with van der Waals surface area (Å²) < 4.78 is 18.6. The first-order valence-corrected chi connectivity index (χ1v) is 10.9. The third kappa shape index (κ3) is 5.48. The van der Waals surface area contributed by atoms with E-state index >= 15 is 0 Å². The maximum Gasteiger partial charge on any atom is 0.408 e. The SMILES string of the molecule is CC(C)(C)OC(=O)NCC(=O)NC1=Nc2[nH]c(-c3ccc(F)cc3)c(-c3ccncc3)c2CC1. The summed E-state index contributed by atoms with van der Waals surface area (Å²) in [4.78, 5) is 36.2. The van der Waals surface area contributed by atoms with Crippen LogP contribution in [0.5, 0.6) is 0 Å². The molecule has 0 spiro atoms. The van der Waals surface area contributed by atoms with Gasteiger partial charge in [0.15, 0.2) is 0 Å². The Morgan fingerprint density at radius 3 is 2.44 bits per heavy atom. The fraction of sp³-hybridized carbons (Fsp3) is 0.280. The number of nitrogens with zero attached hydrogens (tertiary/aromatic N) is 2. The second-order valence-corrected chi connectivity index (χ2v) is 8.91. The number of aliphatic imine (C=N–C) groups is 1. The number of rotatable bonds is 4. The zero-order chi connectivity index (χ0) is 24.3. The first-order chi connectivity index (χ1) is 16.2. The van der Waals surface area contributed by atoms with E-state index in [1.54, 1.807) is 45.3 Å². The van der Waals surface area contributed by atoms with Crippen molar-refractivity contribution in [1.29, 1.82) is 0 Å². The van der Waals surface area contributed by atoms with Crippen LogP contribution in [-0.4, -0.2) is 39.9 Å². The predicted molar refractivity (Wildman–Crippen MR) is 127 cm³/mol. The molecule has 9 heteroatoms. The Morgan fingerprint density at radius 1 is 1.06 bits per heavy atom. The summed E-state index contributed by atoms with van der Waals surface area (Å²) in [7, 11) is 0. The van der Waals surface area contributed by atoms with Crippen molar-refractivity contribution in [2.24, 2.45) is 4.99 Å². The highest BCUT2D eigenvalue weighted by molar-refractivity contribution is 6.02. The van der Waals surface area contributed by atoms with E-state index in [4.69, 9.17) is 4.74 Å². The van der Waals surface area contributed by atoms with Crippen LogP contribution in [0.4, 0.5) is 15.0 Å². The molecule has 2 aromatic heterocycles. The Bertz CT molecular complexity index is 1230. The number of aromatic amines is 1. The average molecular weight is 464 g/mol.